The van der Waals surface area contributed by atoms with Gasteiger partial charge in [0.15, 0.2) is 0 Å². The number of hydrogen-bond donors (Lipinski definition) is 2. The summed E-state index contributed by atoms with van der Waals surface area (Å²) in [4.78, 5) is 12.6. The normalized spacial score (nSPS) is 25.9. The summed E-state index contributed by atoms with van der Waals surface area (Å²) in [5.41, 5.74) is 7.68. The van der Waals surface area contributed by atoms with Crippen molar-refractivity contribution in [2.24, 2.45) is 0 Å². The number of carbonyl (C=O) groups excluding carboxylic acids is 1. The molecule has 1 amide bonds. The second kappa shape index (κ2) is 5.80. The lowest BCUT2D eigenvalue weighted by atomic mass is 9.90. The Morgan fingerprint density at radius 3 is 2.42 bits per heavy atom. The van der Waals surface area contributed by atoms with Crippen molar-refractivity contribution >= 4 is 11.6 Å². The third-order valence-electron chi connectivity index (χ3n) is 4.86. The fraction of sp³-hybridized carbons (Fsp3) is 0.250. The van der Waals surface area contributed by atoms with Crippen molar-refractivity contribution in [1.82, 2.24) is 15.8 Å². The predicted octanol–water partition coefficient (Wildman–Crippen LogP) is 2.78. The zero-order valence-electron chi connectivity index (χ0n) is 13.9. The van der Waals surface area contributed by atoms with Gasteiger partial charge in [-0.1, -0.05) is 60.2 Å². The third-order valence-corrected chi connectivity index (χ3v) is 4.86. The van der Waals surface area contributed by atoms with Gasteiger partial charge in [-0.15, -0.1) is 0 Å². The van der Waals surface area contributed by atoms with E-state index in [0.717, 1.165) is 11.3 Å². The number of nitrogens with one attached hydrogen (secondary N) is 2. The van der Waals surface area contributed by atoms with Crippen molar-refractivity contribution < 1.29 is 4.79 Å². The molecule has 2 aromatic rings. The highest BCUT2D eigenvalue weighted by atomic mass is 16.2. The summed E-state index contributed by atoms with van der Waals surface area (Å²) in [5, 5.41) is 5.29. The van der Waals surface area contributed by atoms with Crippen molar-refractivity contribution in [3.05, 3.63) is 77.4 Å². The lowest BCUT2D eigenvalue weighted by molar-refractivity contribution is -0.130. The minimum absolute atomic E-state index is 0.000365. The van der Waals surface area contributed by atoms with Crippen molar-refractivity contribution in [2.45, 2.75) is 32.0 Å². The van der Waals surface area contributed by atoms with Crippen molar-refractivity contribution in [3.8, 4) is 0 Å². The Kier molecular flexibility index (Phi) is 3.62. The zero-order valence-corrected chi connectivity index (χ0v) is 13.9. The number of benzene rings is 2. The molecule has 4 nitrogen and oxygen atoms in total. The van der Waals surface area contributed by atoms with Crippen molar-refractivity contribution in [3.63, 3.8) is 0 Å². The average molecular weight is 319 g/mol. The minimum atomic E-state index is -0.0868. The molecule has 3 unspecified atom stereocenters. The van der Waals surface area contributed by atoms with Gasteiger partial charge in [-0.2, -0.15) is 0 Å². The SMILES string of the molecule is Cc1ccc(C2=CC(=O)N3NC(C)C(c4ccccc4)C3N2)cc1. The van der Waals surface area contributed by atoms with Gasteiger partial charge in [0, 0.05) is 23.7 Å². The number of rotatable bonds is 2. The maximum atomic E-state index is 12.6. The van der Waals surface area contributed by atoms with Crippen LogP contribution in [-0.2, 0) is 4.79 Å². The first-order valence-corrected chi connectivity index (χ1v) is 8.33. The molecule has 2 heterocycles. The Balaban J connectivity index is 1.68. The fourth-order valence-electron chi connectivity index (χ4n) is 3.61. The molecule has 2 aromatic carbocycles. The Labute approximate surface area is 142 Å². The van der Waals surface area contributed by atoms with Crippen LogP contribution in [0.5, 0.6) is 0 Å². The van der Waals surface area contributed by atoms with Crippen LogP contribution in [0, 0.1) is 6.92 Å². The largest absolute Gasteiger partial charge is 0.363 e. The maximum Gasteiger partial charge on any atom is 0.264 e. The zero-order chi connectivity index (χ0) is 16.7. The van der Waals surface area contributed by atoms with Crippen molar-refractivity contribution in [1.29, 1.82) is 0 Å². The van der Waals surface area contributed by atoms with E-state index >= 15 is 0 Å². The summed E-state index contributed by atoms with van der Waals surface area (Å²) in [7, 11) is 0. The van der Waals surface area contributed by atoms with Gasteiger partial charge in [0.05, 0.1) is 0 Å². The first-order valence-electron chi connectivity index (χ1n) is 8.33. The number of hydrogen-bond acceptors (Lipinski definition) is 3. The van der Waals surface area contributed by atoms with Crippen LogP contribution in [0.3, 0.4) is 0 Å². The van der Waals surface area contributed by atoms with Crippen LogP contribution >= 0.6 is 0 Å². The van der Waals surface area contributed by atoms with Crippen LogP contribution in [0.4, 0.5) is 0 Å². The molecule has 122 valence electrons. The lowest BCUT2D eigenvalue weighted by Crippen LogP contribution is -2.52. The predicted molar refractivity (Wildman–Crippen MR) is 94.7 cm³/mol. The lowest BCUT2D eigenvalue weighted by Gasteiger charge is -2.33. The Morgan fingerprint density at radius 2 is 1.71 bits per heavy atom. The monoisotopic (exact) mass is 319 g/mol. The van der Waals surface area contributed by atoms with E-state index in [2.05, 4.69) is 61.0 Å². The number of nitrogens with zero attached hydrogens (tertiary/aromatic N) is 1. The van der Waals surface area contributed by atoms with E-state index in [1.807, 2.05) is 18.2 Å². The van der Waals surface area contributed by atoms with Gasteiger partial charge < -0.3 is 5.32 Å². The van der Waals surface area contributed by atoms with Gasteiger partial charge in [0.2, 0.25) is 0 Å². The van der Waals surface area contributed by atoms with Crippen LogP contribution in [0.25, 0.3) is 5.70 Å². The van der Waals surface area contributed by atoms with Gasteiger partial charge in [0.25, 0.3) is 5.91 Å². The smallest absolute Gasteiger partial charge is 0.264 e. The van der Waals surface area contributed by atoms with Crippen LogP contribution in [0.1, 0.15) is 29.5 Å². The summed E-state index contributed by atoms with van der Waals surface area (Å²) >= 11 is 0. The van der Waals surface area contributed by atoms with Gasteiger partial charge >= 0.3 is 0 Å². The topological polar surface area (TPSA) is 44.4 Å². The second-order valence-corrected chi connectivity index (χ2v) is 6.58. The van der Waals surface area contributed by atoms with E-state index in [0.29, 0.717) is 0 Å². The number of amides is 1. The van der Waals surface area contributed by atoms with E-state index in [1.54, 1.807) is 11.1 Å². The molecule has 0 aromatic heterocycles. The van der Waals surface area contributed by atoms with Crippen LogP contribution in [-0.4, -0.2) is 23.1 Å². The van der Waals surface area contributed by atoms with E-state index in [9.17, 15) is 4.79 Å². The van der Waals surface area contributed by atoms with Gasteiger partial charge in [-0.05, 0) is 25.0 Å². The first-order chi connectivity index (χ1) is 11.6. The molecule has 2 aliphatic rings. The highest BCUT2D eigenvalue weighted by Crippen LogP contribution is 2.34. The molecule has 0 aliphatic carbocycles. The Hall–Kier alpha value is -2.59. The number of fused-ring (bicyclic) bond motifs is 1. The fourth-order valence-corrected chi connectivity index (χ4v) is 3.61. The van der Waals surface area contributed by atoms with Crippen molar-refractivity contribution in [2.75, 3.05) is 0 Å². The second-order valence-electron chi connectivity index (χ2n) is 6.58. The number of aryl methyl sites for hydroxylation is 1. The molecule has 0 radical (unpaired) electrons. The molecule has 24 heavy (non-hydrogen) atoms. The molecule has 0 bridgehead atoms. The molecule has 0 spiro atoms. The molecule has 3 atom stereocenters. The van der Waals surface area contributed by atoms with Crippen LogP contribution in [0.2, 0.25) is 0 Å². The minimum Gasteiger partial charge on any atom is -0.363 e. The van der Waals surface area contributed by atoms with E-state index < -0.39 is 0 Å². The van der Waals surface area contributed by atoms with E-state index in [1.165, 1.54) is 11.1 Å². The van der Waals surface area contributed by atoms with Gasteiger partial charge in [0.1, 0.15) is 6.17 Å². The molecule has 1 saturated heterocycles. The summed E-state index contributed by atoms with van der Waals surface area (Å²) in [6.07, 6.45) is 1.59. The standard InChI is InChI=1S/C20H21N3O/c1-13-8-10-15(11-9-13)17-12-18(24)23-20(21-17)19(14(2)22-23)16-6-4-3-5-7-16/h3-12,14,19-22H,1-2H3. The van der Waals surface area contributed by atoms with Crippen LogP contribution in [0.15, 0.2) is 60.7 Å². The number of hydrazine groups is 1. The van der Waals surface area contributed by atoms with E-state index in [-0.39, 0.29) is 24.0 Å². The average Bonchev–Trinajstić information content (AvgIpc) is 2.93. The molecular weight excluding hydrogens is 298 g/mol. The summed E-state index contributed by atoms with van der Waals surface area (Å²) in [6.45, 7) is 4.18. The molecule has 4 rings (SSSR count). The highest BCUT2D eigenvalue weighted by molar-refractivity contribution is 5.96. The molecule has 0 saturated carbocycles. The maximum absolute atomic E-state index is 12.6. The molecule has 4 heteroatoms. The first kappa shape index (κ1) is 15.0. The summed E-state index contributed by atoms with van der Waals surface area (Å²) in [5.74, 6) is 0.198. The molecule has 2 aliphatic heterocycles. The highest BCUT2D eigenvalue weighted by Gasteiger charge is 2.44. The van der Waals surface area contributed by atoms with Crippen LogP contribution < -0.4 is 10.7 Å². The molecule has 1 fully saturated rings. The number of carbonyl (C=O) groups is 1. The van der Waals surface area contributed by atoms with E-state index in [4.69, 9.17) is 0 Å². The summed E-state index contributed by atoms with van der Waals surface area (Å²) < 4.78 is 0. The molecular formula is C20H21N3O. The van der Waals surface area contributed by atoms with Gasteiger partial charge in [-0.3, -0.25) is 9.80 Å². The quantitative estimate of drug-likeness (QED) is 0.895. The third kappa shape index (κ3) is 2.49. The summed E-state index contributed by atoms with van der Waals surface area (Å²) in [6, 6.07) is 18.8. The Bertz CT molecular complexity index is 782. The molecule has 2 N–H and O–H groups in total. The van der Waals surface area contributed by atoms with Gasteiger partial charge in [-0.25, -0.2) is 5.43 Å². The Morgan fingerprint density at radius 1 is 1.00 bits per heavy atom.